The highest BCUT2D eigenvalue weighted by Crippen LogP contribution is 2.29. The number of allylic oxidation sites excluding steroid dienone is 4. The van der Waals surface area contributed by atoms with Gasteiger partial charge in [0.15, 0.2) is 0 Å². The van der Waals surface area contributed by atoms with Crippen LogP contribution < -0.4 is 0 Å². The molecule has 1 nitrogen and oxygen atoms in total. The number of hydrogen-bond donors (Lipinski definition) is 0. The maximum Gasteiger partial charge on any atom is 0.142 e. The molecule has 0 unspecified atom stereocenters. The molecule has 0 aliphatic heterocycles. The van der Waals surface area contributed by atoms with E-state index in [1.165, 1.54) is 37.7 Å². The molecular weight excluding hydrogens is 160 g/mol. The first-order chi connectivity index (χ1) is 6.34. The third-order valence-electron chi connectivity index (χ3n) is 2.80. The molecule has 0 heterocycles. The van der Waals surface area contributed by atoms with E-state index in [-0.39, 0.29) is 0 Å². The number of hydrogen-bond acceptors (Lipinski definition) is 1. The van der Waals surface area contributed by atoms with Gasteiger partial charge in [0.1, 0.15) is 6.29 Å². The van der Waals surface area contributed by atoms with Gasteiger partial charge in [0.2, 0.25) is 0 Å². The highest BCUT2D eigenvalue weighted by atomic mass is 16.1. The van der Waals surface area contributed by atoms with E-state index in [0.29, 0.717) is 0 Å². The second-order valence-electron chi connectivity index (χ2n) is 3.77. The van der Waals surface area contributed by atoms with E-state index >= 15 is 0 Å². The molecule has 0 amide bonds. The summed E-state index contributed by atoms with van der Waals surface area (Å²) in [5, 5.41) is 0. The van der Waals surface area contributed by atoms with Crippen LogP contribution in [0.1, 0.15) is 39.0 Å². The van der Waals surface area contributed by atoms with Crippen LogP contribution in [0.4, 0.5) is 0 Å². The number of aldehydes is 1. The molecule has 1 aliphatic rings. The van der Waals surface area contributed by atoms with E-state index in [1.807, 2.05) is 6.08 Å². The fourth-order valence-electron chi connectivity index (χ4n) is 1.95. The Morgan fingerprint density at radius 3 is 2.46 bits per heavy atom. The molecule has 13 heavy (non-hydrogen) atoms. The van der Waals surface area contributed by atoms with Crippen LogP contribution in [0.25, 0.3) is 0 Å². The molecule has 1 saturated carbocycles. The summed E-state index contributed by atoms with van der Waals surface area (Å²) in [6.07, 6.45) is 13.1. The zero-order chi connectivity index (χ0) is 9.52. The van der Waals surface area contributed by atoms with Crippen molar-refractivity contribution in [2.45, 2.75) is 39.0 Å². The summed E-state index contributed by atoms with van der Waals surface area (Å²) >= 11 is 0. The summed E-state index contributed by atoms with van der Waals surface area (Å²) in [6.45, 7) is 2.17. The smallest absolute Gasteiger partial charge is 0.142 e. The Morgan fingerprint density at radius 2 is 1.85 bits per heavy atom. The standard InChI is InChI=1S/C12H18O/c1-11(7-5-6-10-13)12-8-3-2-4-9-12/h5-7,10,12H,2-4,8-9H2,1H3/b6-5+,11-7+. The Balaban J connectivity index is 2.44. The highest BCUT2D eigenvalue weighted by molar-refractivity contribution is 5.65. The lowest BCUT2D eigenvalue weighted by molar-refractivity contribution is -0.104. The van der Waals surface area contributed by atoms with Crippen molar-refractivity contribution in [1.29, 1.82) is 0 Å². The summed E-state index contributed by atoms with van der Waals surface area (Å²) in [6, 6.07) is 0. The van der Waals surface area contributed by atoms with Crippen molar-refractivity contribution in [1.82, 2.24) is 0 Å². The van der Waals surface area contributed by atoms with Crippen molar-refractivity contribution in [2.24, 2.45) is 5.92 Å². The Bertz CT molecular complexity index is 207. The Kier molecular flexibility index (Phi) is 4.52. The van der Waals surface area contributed by atoms with Crippen molar-refractivity contribution in [3.63, 3.8) is 0 Å². The number of rotatable bonds is 3. The molecule has 0 aromatic heterocycles. The molecular formula is C12H18O. The minimum Gasteiger partial charge on any atom is -0.299 e. The molecule has 0 radical (unpaired) electrons. The van der Waals surface area contributed by atoms with Crippen molar-refractivity contribution in [3.8, 4) is 0 Å². The Morgan fingerprint density at radius 1 is 1.15 bits per heavy atom. The first kappa shape index (κ1) is 10.2. The SMILES string of the molecule is C/C(=C\C=C\C=O)C1CCCCC1. The molecule has 0 N–H and O–H groups in total. The van der Waals surface area contributed by atoms with Gasteiger partial charge in [-0.15, -0.1) is 0 Å². The summed E-state index contributed by atoms with van der Waals surface area (Å²) in [4.78, 5) is 10.0. The predicted molar refractivity (Wildman–Crippen MR) is 55.5 cm³/mol. The van der Waals surface area contributed by atoms with Crippen LogP contribution in [0, 0.1) is 5.92 Å². The average Bonchev–Trinajstić information content (AvgIpc) is 2.19. The maximum atomic E-state index is 10.0. The van der Waals surface area contributed by atoms with Gasteiger partial charge in [0, 0.05) is 0 Å². The van der Waals surface area contributed by atoms with Gasteiger partial charge in [0.05, 0.1) is 0 Å². The lowest BCUT2D eigenvalue weighted by atomic mass is 9.84. The largest absolute Gasteiger partial charge is 0.299 e. The summed E-state index contributed by atoms with van der Waals surface area (Å²) < 4.78 is 0. The van der Waals surface area contributed by atoms with Crippen LogP contribution in [0.3, 0.4) is 0 Å². The van der Waals surface area contributed by atoms with E-state index in [4.69, 9.17) is 0 Å². The number of carbonyl (C=O) groups excluding carboxylic acids is 1. The zero-order valence-corrected chi connectivity index (χ0v) is 8.33. The Labute approximate surface area is 80.5 Å². The van der Waals surface area contributed by atoms with Crippen LogP contribution >= 0.6 is 0 Å². The van der Waals surface area contributed by atoms with Gasteiger partial charge < -0.3 is 0 Å². The van der Waals surface area contributed by atoms with Crippen molar-refractivity contribution in [3.05, 3.63) is 23.8 Å². The van der Waals surface area contributed by atoms with Crippen LogP contribution in [0.5, 0.6) is 0 Å². The molecule has 72 valence electrons. The average molecular weight is 178 g/mol. The molecule has 0 aromatic carbocycles. The van der Waals surface area contributed by atoms with E-state index in [9.17, 15) is 4.79 Å². The quantitative estimate of drug-likeness (QED) is 0.368. The normalized spacial score (nSPS) is 20.8. The minimum atomic E-state index is 0.769. The second kappa shape index (κ2) is 5.74. The maximum absolute atomic E-state index is 10.0. The molecule has 1 rings (SSSR count). The van der Waals surface area contributed by atoms with Gasteiger partial charge in [0.25, 0.3) is 0 Å². The van der Waals surface area contributed by atoms with Gasteiger partial charge in [-0.1, -0.05) is 37.0 Å². The van der Waals surface area contributed by atoms with Crippen LogP contribution in [0.2, 0.25) is 0 Å². The second-order valence-corrected chi connectivity index (χ2v) is 3.77. The monoisotopic (exact) mass is 178 g/mol. The molecule has 1 fully saturated rings. The van der Waals surface area contributed by atoms with Gasteiger partial charge in [-0.2, -0.15) is 0 Å². The van der Waals surface area contributed by atoms with E-state index in [0.717, 1.165) is 12.2 Å². The zero-order valence-electron chi connectivity index (χ0n) is 8.33. The van der Waals surface area contributed by atoms with Gasteiger partial charge in [-0.05, 0) is 31.8 Å². The highest BCUT2D eigenvalue weighted by Gasteiger charge is 2.13. The fraction of sp³-hybridized carbons (Fsp3) is 0.583. The molecule has 0 spiro atoms. The topological polar surface area (TPSA) is 17.1 Å². The van der Waals surface area contributed by atoms with Crippen molar-refractivity contribution < 1.29 is 4.79 Å². The number of carbonyl (C=O) groups is 1. The van der Waals surface area contributed by atoms with E-state index < -0.39 is 0 Å². The molecule has 1 heteroatoms. The summed E-state index contributed by atoms with van der Waals surface area (Å²) in [5.74, 6) is 0.769. The molecule has 1 aliphatic carbocycles. The third-order valence-corrected chi connectivity index (χ3v) is 2.80. The van der Waals surface area contributed by atoms with E-state index in [1.54, 1.807) is 6.08 Å². The van der Waals surface area contributed by atoms with Gasteiger partial charge in [-0.25, -0.2) is 0 Å². The molecule has 0 aromatic rings. The van der Waals surface area contributed by atoms with Gasteiger partial charge >= 0.3 is 0 Å². The van der Waals surface area contributed by atoms with Crippen molar-refractivity contribution in [2.75, 3.05) is 0 Å². The molecule has 0 atom stereocenters. The molecule has 0 saturated heterocycles. The first-order valence-electron chi connectivity index (χ1n) is 5.13. The van der Waals surface area contributed by atoms with Crippen LogP contribution in [0.15, 0.2) is 23.8 Å². The van der Waals surface area contributed by atoms with Crippen LogP contribution in [-0.2, 0) is 4.79 Å². The van der Waals surface area contributed by atoms with Crippen LogP contribution in [-0.4, -0.2) is 6.29 Å². The summed E-state index contributed by atoms with van der Waals surface area (Å²) in [5.41, 5.74) is 1.43. The lowest BCUT2D eigenvalue weighted by Crippen LogP contribution is -2.06. The third kappa shape index (κ3) is 3.58. The van der Waals surface area contributed by atoms with E-state index in [2.05, 4.69) is 13.0 Å². The summed E-state index contributed by atoms with van der Waals surface area (Å²) in [7, 11) is 0. The lowest BCUT2D eigenvalue weighted by Gasteiger charge is -2.21. The predicted octanol–water partition coefficient (Wildman–Crippen LogP) is 3.27. The van der Waals surface area contributed by atoms with Gasteiger partial charge in [-0.3, -0.25) is 4.79 Å². The first-order valence-corrected chi connectivity index (χ1v) is 5.13. The Hall–Kier alpha value is -0.850. The minimum absolute atomic E-state index is 0.769. The molecule has 0 bridgehead atoms. The van der Waals surface area contributed by atoms with Crippen molar-refractivity contribution >= 4 is 6.29 Å². The fourth-order valence-corrected chi connectivity index (χ4v) is 1.95.